The minimum absolute atomic E-state index is 0.0148. The van der Waals surface area contributed by atoms with E-state index in [-0.39, 0.29) is 11.7 Å². The Morgan fingerprint density at radius 2 is 1.87 bits per heavy atom. The van der Waals surface area contributed by atoms with Gasteiger partial charge in [0.05, 0.1) is 31.2 Å². The molecule has 0 atom stereocenters. The summed E-state index contributed by atoms with van der Waals surface area (Å²) in [5.74, 6) is 1.46. The molecule has 1 aliphatic rings. The van der Waals surface area contributed by atoms with Crippen LogP contribution in [0.1, 0.15) is 11.4 Å². The van der Waals surface area contributed by atoms with Gasteiger partial charge in [0.2, 0.25) is 5.91 Å². The van der Waals surface area contributed by atoms with E-state index in [1.807, 2.05) is 18.2 Å². The summed E-state index contributed by atoms with van der Waals surface area (Å²) in [4.78, 5) is 24.7. The molecule has 158 valence electrons. The number of aromatic amines is 1. The molecule has 2 N–H and O–H groups in total. The number of ether oxygens (including phenoxy) is 1. The van der Waals surface area contributed by atoms with Crippen LogP contribution in [0, 0.1) is 5.82 Å². The van der Waals surface area contributed by atoms with Gasteiger partial charge in [-0.3, -0.25) is 14.6 Å². The third-order valence-electron chi connectivity index (χ3n) is 5.35. The number of benzene rings is 2. The quantitative estimate of drug-likeness (QED) is 0.623. The van der Waals surface area contributed by atoms with Crippen LogP contribution in [0.5, 0.6) is 5.75 Å². The van der Waals surface area contributed by atoms with Crippen LogP contribution in [0.15, 0.2) is 42.5 Å². The Bertz CT molecular complexity index is 996. The predicted octanol–water partition coefficient (Wildman–Crippen LogP) is 2.14. The van der Waals surface area contributed by atoms with Crippen LogP contribution in [0.4, 0.5) is 4.39 Å². The van der Waals surface area contributed by atoms with Gasteiger partial charge in [-0.15, -0.1) is 0 Å². The summed E-state index contributed by atoms with van der Waals surface area (Å²) in [6.45, 7) is 4.96. The number of amides is 1. The number of methoxy groups -OCH3 is 1. The van der Waals surface area contributed by atoms with Crippen LogP contribution in [-0.4, -0.2) is 65.5 Å². The van der Waals surface area contributed by atoms with Crippen molar-refractivity contribution in [1.29, 1.82) is 0 Å². The molecule has 0 spiro atoms. The molecule has 7 nitrogen and oxygen atoms in total. The molecule has 1 aromatic heterocycles. The second-order valence-electron chi connectivity index (χ2n) is 7.52. The number of hydrogen-bond acceptors (Lipinski definition) is 5. The number of aromatic nitrogens is 2. The lowest BCUT2D eigenvalue weighted by Gasteiger charge is -2.33. The number of hydrogen-bond donors (Lipinski definition) is 2. The normalized spacial score (nSPS) is 15.4. The molecule has 1 aliphatic heterocycles. The Morgan fingerprint density at radius 3 is 2.60 bits per heavy atom. The van der Waals surface area contributed by atoms with Gasteiger partial charge in [0.25, 0.3) is 0 Å². The molecular formula is C22H26FN5O2. The molecule has 3 aromatic rings. The van der Waals surface area contributed by atoms with Gasteiger partial charge in [0.15, 0.2) is 0 Å². The standard InChI is InChI=1S/C22H26FN5O2/c1-30-18-6-7-19-20(12-18)26-21(25-19)14-27-8-10-28(11-9-27)15-22(29)24-13-16-2-4-17(23)5-3-16/h2-7,12H,8-11,13-15H2,1H3,(H,24,29)(H,25,26). The van der Waals surface area contributed by atoms with Crippen molar-refractivity contribution in [3.05, 3.63) is 59.7 Å². The van der Waals surface area contributed by atoms with Crippen LogP contribution >= 0.6 is 0 Å². The summed E-state index contributed by atoms with van der Waals surface area (Å²) in [6.07, 6.45) is 0. The Labute approximate surface area is 174 Å². The first-order valence-electron chi connectivity index (χ1n) is 10.1. The van der Waals surface area contributed by atoms with E-state index in [0.29, 0.717) is 13.1 Å². The second-order valence-corrected chi connectivity index (χ2v) is 7.52. The molecule has 1 amide bonds. The van der Waals surface area contributed by atoms with Gasteiger partial charge < -0.3 is 15.0 Å². The van der Waals surface area contributed by atoms with Gasteiger partial charge in [0, 0.05) is 38.8 Å². The Hall–Kier alpha value is -2.97. The number of carbonyl (C=O) groups excluding carboxylic acids is 1. The van der Waals surface area contributed by atoms with Crippen LogP contribution in [0.2, 0.25) is 0 Å². The van der Waals surface area contributed by atoms with E-state index in [2.05, 4.69) is 25.1 Å². The number of halogens is 1. The van der Waals surface area contributed by atoms with Crippen molar-refractivity contribution in [1.82, 2.24) is 25.1 Å². The first-order chi connectivity index (χ1) is 14.6. The van der Waals surface area contributed by atoms with Crippen molar-refractivity contribution in [3.8, 4) is 5.75 Å². The highest BCUT2D eigenvalue weighted by Gasteiger charge is 2.20. The SMILES string of the molecule is COc1ccc2nc(CN3CCN(CC(=O)NCc4ccc(F)cc4)CC3)[nH]c2c1. The summed E-state index contributed by atoms with van der Waals surface area (Å²) in [6, 6.07) is 12.0. The fourth-order valence-electron chi connectivity index (χ4n) is 3.62. The molecule has 0 saturated carbocycles. The zero-order valence-electron chi connectivity index (χ0n) is 17.0. The van der Waals surface area contributed by atoms with Crippen molar-refractivity contribution >= 4 is 16.9 Å². The van der Waals surface area contributed by atoms with Gasteiger partial charge in [-0.1, -0.05) is 12.1 Å². The number of fused-ring (bicyclic) bond motifs is 1. The van der Waals surface area contributed by atoms with E-state index >= 15 is 0 Å². The molecule has 0 bridgehead atoms. The summed E-state index contributed by atoms with van der Waals surface area (Å²) < 4.78 is 18.2. The lowest BCUT2D eigenvalue weighted by atomic mass is 10.2. The Kier molecular flexibility index (Phi) is 6.25. The van der Waals surface area contributed by atoms with Gasteiger partial charge in [0.1, 0.15) is 17.4 Å². The molecule has 0 radical (unpaired) electrons. The third-order valence-corrected chi connectivity index (χ3v) is 5.35. The van der Waals surface area contributed by atoms with Crippen LogP contribution in [-0.2, 0) is 17.9 Å². The molecule has 0 aliphatic carbocycles. The molecular weight excluding hydrogens is 385 g/mol. The van der Waals surface area contributed by atoms with Gasteiger partial charge >= 0.3 is 0 Å². The fraction of sp³-hybridized carbons (Fsp3) is 0.364. The van der Waals surface area contributed by atoms with E-state index in [4.69, 9.17) is 4.74 Å². The maximum absolute atomic E-state index is 12.9. The van der Waals surface area contributed by atoms with Crippen molar-refractivity contribution in [3.63, 3.8) is 0 Å². The Morgan fingerprint density at radius 1 is 1.13 bits per heavy atom. The average molecular weight is 411 g/mol. The molecule has 2 aromatic carbocycles. The maximum atomic E-state index is 12.9. The minimum Gasteiger partial charge on any atom is -0.497 e. The van der Waals surface area contributed by atoms with Gasteiger partial charge in [-0.2, -0.15) is 0 Å². The van der Waals surface area contributed by atoms with Crippen LogP contribution in [0.25, 0.3) is 11.0 Å². The second kappa shape index (κ2) is 9.23. The minimum atomic E-state index is -0.273. The number of rotatable bonds is 7. The zero-order chi connectivity index (χ0) is 20.9. The van der Waals surface area contributed by atoms with E-state index in [9.17, 15) is 9.18 Å². The zero-order valence-corrected chi connectivity index (χ0v) is 17.0. The molecule has 30 heavy (non-hydrogen) atoms. The van der Waals surface area contributed by atoms with Crippen molar-refractivity contribution in [2.75, 3.05) is 39.8 Å². The fourth-order valence-corrected chi connectivity index (χ4v) is 3.62. The summed E-state index contributed by atoms with van der Waals surface area (Å²) in [7, 11) is 1.65. The van der Waals surface area contributed by atoms with E-state index in [0.717, 1.165) is 60.9 Å². The number of nitrogens with zero attached hydrogens (tertiary/aromatic N) is 3. The van der Waals surface area contributed by atoms with E-state index in [1.165, 1.54) is 12.1 Å². The van der Waals surface area contributed by atoms with Gasteiger partial charge in [-0.05, 0) is 29.8 Å². The van der Waals surface area contributed by atoms with E-state index < -0.39 is 0 Å². The molecule has 1 fully saturated rings. The van der Waals surface area contributed by atoms with Crippen molar-refractivity contribution in [2.24, 2.45) is 0 Å². The average Bonchev–Trinajstić information content (AvgIpc) is 3.16. The highest BCUT2D eigenvalue weighted by molar-refractivity contribution is 5.78. The smallest absolute Gasteiger partial charge is 0.234 e. The first-order valence-corrected chi connectivity index (χ1v) is 10.1. The Balaban J connectivity index is 1.22. The summed E-state index contributed by atoms with van der Waals surface area (Å²) in [5, 5.41) is 2.90. The van der Waals surface area contributed by atoms with Crippen LogP contribution < -0.4 is 10.1 Å². The van der Waals surface area contributed by atoms with Gasteiger partial charge in [-0.25, -0.2) is 9.37 Å². The molecule has 2 heterocycles. The number of H-pyrrole nitrogens is 1. The first kappa shape index (κ1) is 20.3. The highest BCUT2D eigenvalue weighted by Crippen LogP contribution is 2.19. The number of carbonyl (C=O) groups is 1. The molecule has 4 rings (SSSR count). The predicted molar refractivity (Wildman–Crippen MR) is 113 cm³/mol. The monoisotopic (exact) mass is 411 g/mol. The van der Waals surface area contributed by atoms with Crippen molar-refractivity contribution < 1.29 is 13.9 Å². The topological polar surface area (TPSA) is 73.5 Å². The number of nitrogens with one attached hydrogen (secondary N) is 2. The summed E-state index contributed by atoms with van der Waals surface area (Å²) in [5.41, 5.74) is 2.79. The summed E-state index contributed by atoms with van der Waals surface area (Å²) >= 11 is 0. The number of imidazole rings is 1. The highest BCUT2D eigenvalue weighted by atomic mass is 19.1. The molecule has 0 unspecified atom stereocenters. The van der Waals surface area contributed by atoms with Crippen molar-refractivity contribution in [2.45, 2.75) is 13.1 Å². The molecule has 8 heteroatoms. The van der Waals surface area contributed by atoms with E-state index in [1.54, 1.807) is 19.2 Å². The lowest BCUT2D eigenvalue weighted by Crippen LogP contribution is -2.49. The molecule has 1 saturated heterocycles. The largest absolute Gasteiger partial charge is 0.497 e. The lowest BCUT2D eigenvalue weighted by molar-refractivity contribution is -0.122. The number of piperazine rings is 1. The third kappa shape index (κ3) is 5.14. The maximum Gasteiger partial charge on any atom is 0.234 e. The van der Waals surface area contributed by atoms with Crippen LogP contribution in [0.3, 0.4) is 0 Å².